The number of fused-ring (bicyclic) bond motifs is 1. The number of alkyl halides is 3. The summed E-state index contributed by atoms with van der Waals surface area (Å²) in [5, 5.41) is 11.9. The van der Waals surface area contributed by atoms with Crippen LogP contribution in [0.4, 0.5) is 18.9 Å². The molecule has 0 saturated heterocycles. The molecule has 3 rings (SSSR count). The Morgan fingerprint density at radius 3 is 2.52 bits per heavy atom. The van der Waals surface area contributed by atoms with Gasteiger partial charge in [0, 0.05) is 6.54 Å². The summed E-state index contributed by atoms with van der Waals surface area (Å²) < 4.78 is 40.9. The van der Waals surface area contributed by atoms with Crippen LogP contribution in [-0.4, -0.2) is 32.3 Å². The molecule has 1 heterocycles. The van der Waals surface area contributed by atoms with Crippen molar-refractivity contribution >= 4 is 40.2 Å². The Morgan fingerprint density at radius 2 is 1.88 bits per heavy atom. The third kappa shape index (κ3) is 5.72. The lowest BCUT2D eigenvalue weighted by atomic mass is 10.1. The third-order valence-electron chi connectivity index (χ3n) is 4.55. The number of carboxylic acid groups (broad SMARTS) is 1. The molecule has 2 N–H and O–H groups in total. The third-order valence-corrected chi connectivity index (χ3v) is 5.53. The lowest BCUT2D eigenvalue weighted by Crippen LogP contribution is -2.26. The van der Waals surface area contributed by atoms with Gasteiger partial charge in [0.25, 0.3) is 5.56 Å². The van der Waals surface area contributed by atoms with Gasteiger partial charge in [0.15, 0.2) is 5.16 Å². The fourth-order valence-electron chi connectivity index (χ4n) is 3.13. The maximum Gasteiger partial charge on any atom is 0.418 e. The summed E-state index contributed by atoms with van der Waals surface area (Å²) in [7, 11) is 0. The smallest absolute Gasteiger partial charge is 0.418 e. The Hall–Kier alpha value is -3.34. The van der Waals surface area contributed by atoms with Crippen LogP contribution < -0.4 is 10.9 Å². The predicted octanol–water partition coefficient (Wildman–Crippen LogP) is 4.50. The van der Waals surface area contributed by atoms with Crippen molar-refractivity contribution in [1.82, 2.24) is 9.55 Å². The first-order valence-electron chi connectivity index (χ1n) is 9.84. The molecule has 0 atom stereocenters. The minimum atomic E-state index is -4.63. The molecular weight excluding hydrogens is 459 g/mol. The number of nitrogens with zero attached hydrogens (tertiary/aromatic N) is 2. The van der Waals surface area contributed by atoms with Gasteiger partial charge < -0.3 is 10.4 Å². The molecule has 0 unspecified atom stereocenters. The van der Waals surface area contributed by atoms with Crippen LogP contribution in [-0.2, 0) is 17.5 Å². The van der Waals surface area contributed by atoms with Crippen LogP contribution in [0.5, 0.6) is 0 Å². The van der Waals surface area contributed by atoms with Crippen LogP contribution in [0.15, 0.2) is 52.4 Å². The second kappa shape index (κ2) is 9.65. The molecule has 1 aromatic heterocycles. The summed E-state index contributed by atoms with van der Waals surface area (Å²) >= 11 is 0.884. The molecule has 0 saturated carbocycles. The first-order chi connectivity index (χ1) is 15.5. The SMILES string of the molecule is CC(C)Cn1c(SCC(=O)Nc2ccccc2C(F)(F)F)nc2cc(C(=O)O)ccc2c1=O. The molecule has 11 heteroatoms. The van der Waals surface area contributed by atoms with E-state index in [1.165, 1.54) is 34.9 Å². The van der Waals surface area contributed by atoms with E-state index >= 15 is 0 Å². The molecular formula is C22H20F3N3O4S. The van der Waals surface area contributed by atoms with Crippen molar-refractivity contribution in [2.75, 3.05) is 11.1 Å². The number of aromatic carboxylic acids is 1. The van der Waals surface area contributed by atoms with Crippen LogP contribution in [0.3, 0.4) is 0 Å². The number of carbonyl (C=O) groups is 2. The van der Waals surface area contributed by atoms with Crippen LogP contribution >= 0.6 is 11.8 Å². The van der Waals surface area contributed by atoms with Gasteiger partial charge in [0.05, 0.1) is 33.5 Å². The highest BCUT2D eigenvalue weighted by molar-refractivity contribution is 7.99. The number of rotatable bonds is 7. The second-order valence-corrected chi connectivity index (χ2v) is 8.56. The number of nitrogens with one attached hydrogen (secondary N) is 1. The zero-order valence-corrected chi connectivity index (χ0v) is 18.5. The van der Waals surface area contributed by atoms with Crippen LogP contribution in [0, 0.1) is 5.92 Å². The molecule has 0 bridgehead atoms. The van der Waals surface area contributed by atoms with Crippen LogP contribution in [0.1, 0.15) is 29.8 Å². The quantitative estimate of drug-likeness (QED) is 0.382. The number of para-hydroxylation sites is 1. The molecule has 174 valence electrons. The zero-order chi connectivity index (χ0) is 24.3. The number of carbonyl (C=O) groups excluding carboxylic acids is 1. The number of hydrogen-bond donors (Lipinski definition) is 2. The second-order valence-electron chi connectivity index (χ2n) is 7.62. The minimum Gasteiger partial charge on any atom is -0.478 e. The summed E-state index contributed by atoms with van der Waals surface area (Å²) in [5.41, 5.74) is -1.62. The van der Waals surface area contributed by atoms with Gasteiger partial charge in [-0.05, 0) is 36.2 Å². The molecule has 1 amide bonds. The lowest BCUT2D eigenvalue weighted by molar-refractivity contribution is -0.137. The first-order valence-corrected chi connectivity index (χ1v) is 10.8. The summed E-state index contributed by atoms with van der Waals surface area (Å²) in [6.07, 6.45) is -4.63. The Bertz CT molecular complexity index is 1270. The zero-order valence-electron chi connectivity index (χ0n) is 17.6. The van der Waals surface area contributed by atoms with Gasteiger partial charge in [-0.1, -0.05) is 37.7 Å². The number of benzene rings is 2. The van der Waals surface area contributed by atoms with Gasteiger partial charge in [-0.2, -0.15) is 13.2 Å². The van der Waals surface area contributed by atoms with Gasteiger partial charge in [-0.25, -0.2) is 9.78 Å². The van der Waals surface area contributed by atoms with E-state index in [1.54, 1.807) is 0 Å². The molecule has 0 aliphatic heterocycles. The average Bonchev–Trinajstić information content (AvgIpc) is 2.73. The highest BCUT2D eigenvalue weighted by atomic mass is 32.2. The Balaban J connectivity index is 1.91. The fraction of sp³-hybridized carbons (Fsp3) is 0.273. The van der Waals surface area contributed by atoms with Crippen molar-refractivity contribution in [2.24, 2.45) is 5.92 Å². The van der Waals surface area contributed by atoms with Crippen molar-refractivity contribution in [3.63, 3.8) is 0 Å². The van der Waals surface area contributed by atoms with E-state index in [1.807, 2.05) is 13.8 Å². The normalized spacial score (nSPS) is 11.7. The molecule has 33 heavy (non-hydrogen) atoms. The van der Waals surface area contributed by atoms with E-state index in [9.17, 15) is 32.7 Å². The average molecular weight is 479 g/mol. The number of thioether (sulfide) groups is 1. The topological polar surface area (TPSA) is 101 Å². The highest BCUT2D eigenvalue weighted by Gasteiger charge is 2.33. The number of carboxylic acids is 1. The van der Waals surface area contributed by atoms with E-state index in [2.05, 4.69) is 10.3 Å². The summed E-state index contributed by atoms with van der Waals surface area (Å²) in [6.45, 7) is 4.07. The number of halogens is 3. The Morgan fingerprint density at radius 1 is 1.18 bits per heavy atom. The van der Waals surface area contributed by atoms with Gasteiger partial charge in [-0.15, -0.1) is 0 Å². The maximum atomic E-state index is 13.2. The molecule has 3 aromatic rings. The van der Waals surface area contributed by atoms with Gasteiger partial charge in [0.2, 0.25) is 5.91 Å². The standard InChI is InChI=1S/C22H20F3N3O4S/c1-12(2)10-28-19(30)14-8-7-13(20(31)32)9-17(14)27-21(28)33-11-18(29)26-16-6-4-3-5-15(16)22(23,24)25/h3-9,12H,10-11H2,1-2H3,(H,26,29)(H,31,32). The number of anilines is 1. The minimum absolute atomic E-state index is 0.0477. The van der Waals surface area contributed by atoms with Gasteiger partial charge in [-0.3, -0.25) is 14.2 Å². The molecule has 2 aromatic carbocycles. The largest absolute Gasteiger partial charge is 0.478 e. The maximum absolute atomic E-state index is 13.2. The number of amides is 1. The number of aromatic nitrogens is 2. The first kappa shape index (κ1) is 24.3. The van der Waals surface area contributed by atoms with Crippen LogP contribution in [0.25, 0.3) is 10.9 Å². The van der Waals surface area contributed by atoms with Crippen molar-refractivity contribution in [2.45, 2.75) is 31.7 Å². The summed E-state index contributed by atoms with van der Waals surface area (Å²) in [6, 6.07) is 8.59. The summed E-state index contributed by atoms with van der Waals surface area (Å²) in [4.78, 5) is 41.0. The molecule has 0 aliphatic carbocycles. The van der Waals surface area contributed by atoms with Crippen molar-refractivity contribution in [3.05, 3.63) is 63.9 Å². The molecule has 0 spiro atoms. The monoisotopic (exact) mass is 479 g/mol. The molecule has 7 nitrogen and oxygen atoms in total. The Kier molecular flexibility index (Phi) is 7.11. The van der Waals surface area contributed by atoms with Crippen molar-refractivity contribution < 1.29 is 27.9 Å². The van der Waals surface area contributed by atoms with Crippen LogP contribution in [0.2, 0.25) is 0 Å². The van der Waals surface area contributed by atoms with Crippen molar-refractivity contribution in [3.8, 4) is 0 Å². The van der Waals surface area contributed by atoms with E-state index in [4.69, 9.17) is 0 Å². The van der Waals surface area contributed by atoms with Gasteiger partial charge >= 0.3 is 12.1 Å². The van der Waals surface area contributed by atoms with Gasteiger partial charge in [0.1, 0.15) is 0 Å². The predicted molar refractivity (Wildman–Crippen MR) is 119 cm³/mol. The van der Waals surface area contributed by atoms with E-state index in [-0.39, 0.29) is 39.0 Å². The molecule has 0 fully saturated rings. The fourth-order valence-corrected chi connectivity index (χ4v) is 3.93. The number of hydrogen-bond acceptors (Lipinski definition) is 5. The lowest BCUT2D eigenvalue weighted by Gasteiger charge is -2.16. The Labute approximate surface area is 190 Å². The molecule has 0 radical (unpaired) electrons. The molecule has 0 aliphatic rings. The van der Waals surface area contributed by atoms with E-state index in [0.29, 0.717) is 6.54 Å². The van der Waals surface area contributed by atoms with Crippen molar-refractivity contribution in [1.29, 1.82) is 0 Å². The van der Waals surface area contributed by atoms with E-state index in [0.717, 1.165) is 23.9 Å². The summed E-state index contributed by atoms with van der Waals surface area (Å²) in [5.74, 6) is -2.13. The van der Waals surface area contributed by atoms with E-state index < -0.39 is 29.2 Å². The highest BCUT2D eigenvalue weighted by Crippen LogP contribution is 2.34.